The molecule has 0 fully saturated rings. The van der Waals surface area contributed by atoms with Gasteiger partial charge in [-0.3, -0.25) is 0 Å². The lowest BCUT2D eigenvalue weighted by molar-refractivity contribution is -0.142. The first kappa shape index (κ1) is 14.0. The SMILES string of the molecule is CC(O)[C@H](NC(=O)OCc1ccccc1)C(=O)O. The van der Waals surface area contributed by atoms with Crippen LogP contribution in [0, 0.1) is 0 Å². The van der Waals surface area contributed by atoms with Crippen LogP contribution in [0.15, 0.2) is 30.3 Å². The molecule has 0 aliphatic heterocycles. The molecule has 2 atom stereocenters. The van der Waals surface area contributed by atoms with Gasteiger partial charge in [-0.2, -0.15) is 0 Å². The fourth-order valence-electron chi connectivity index (χ4n) is 1.28. The Morgan fingerprint density at radius 3 is 2.44 bits per heavy atom. The Morgan fingerprint density at radius 1 is 1.33 bits per heavy atom. The predicted octanol–water partition coefficient (Wildman–Crippen LogP) is 0.747. The van der Waals surface area contributed by atoms with Crippen molar-refractivity contribution in [1.29, 1.82) is 0 Å². The molecule has 6 nitrogen and oxygen atoms in total. The number of alkyl carbamates (subject to hydrolysis) is 1. The number of aliphatic hydroxyl groups is 1. The Morgan fingerprint density at radius 2 is 1.94 bits per heavy atom. The fourth-order valence-corrected chi connectivity index (χ4v) is 1.28. The normalized spacial score (nSPS) is 13.4. The van der Waals surface area contributed by atoms with Gasteiger partial charge in [0, 0.05) is 0 Å². The number of rotatable bonds is 5. The van der Waals surface area contributed by atoms with Gasteiger partial charge >= 0.3 is 12.1 Å². The van der Waals surface area contributed by atoms with Crippen LogP contribution in [0.4, 0.5) is 4.79 Å². The molecule has 0 bridgehead atoms. The molecule has 6 heteroatoms. The van der Waals surface area contributed by atoms with Crippen molar-refractivity contribution in [2.75, 3.05) is 0 Å². The average Bonchev–Trinajstić information content (AvgIpc) is 2.34. The summed E-state index contributed by atoms with van der Waals surface area (Å²) >= 11 is 0. The molecule has 0 aromatic heterocycles. The number of nitrogens with one attached hydrogen (secondary N) is 1. The Bertz CT molecular complexity index is 404. The van der Waals surface area contributed by atoms with Crippen LogP contribution in [0.1, 0.15) is 12.5 Å². The van der Waals surface area contributed by atoms with Crippen molar-refractivity contribution in [2.24, 2.45) is 0 Å². The van der Waals surface area contributed by atoms with Gasteiger partial charge in [-0.15, -0.1) is 0 Å². The summed E-state index contributed by atoms with van der Waals surface area (Å²) in [4.78, 5) is 22.0. The van der Waals surface area contributed by atoms with Gasteiger partial charge in [-0.25, -0.2) is 9.59 Å². The topological polar surface area (TPSA) is 95.9 Å². The number of aliphatic carboxylic acids is 1. The standard InChI is InChI=1S/C12H15NO5/c1-8(14)10(11(15)16)13-12(17)18-7-9-5-3-2-4-6-9/h2-6,8,10,14H,7H2,1H3,(H,13,17)(H,15,16)/t8?,10-/m0/s1. The summed E-state index contributed by atoms with van der Waals surface area (Å²) in [5.41, 5.74) is 0.788. The Hall–Kier alpha value is -2.08. The van der Waals surface area contributed by atoms with Crippen molar-refractivity contribution in [2.45, 2.75) is 25.7 Å². The number of carbonyl (C=O) groups is 2. The maximum atomic E-state index is 11.3. The second-order valence-corrected chi connectivity index (χ2v) is 3.76. The first-order valence-corrected chi connectivity index (χ1v) is 5.39. The molecule has 3 N–H and O–H groups in total. The molecule has 0 radical (unpaired) electrons. The predicted molar refractivity (Wildman–Crippen MR) is 62.9 cm³/mol. The molecule has 1 aromatic carbocycles. The zero-order valence-electron chi connectivity index (χ0n) is 9.87. The third kappa shape index (κ3) is 4.42. The van der Waals surface area contributed by atoms with E-state index >= 15 is 0 Å². The van der Waals surface area contributed by atoms with Crippen LogP contribution in [0.2, 0.25) is 0 Å². The van der Waals surface area contributed by atoms with Gasteiger partial charge in [-0.1, -0.05) is 30.3 Å². The minimum Gasteiger partial charge on any atom is -0.480 e. The lowest BCUT2D eigenvalue weighted by Gasteiger charge is -2.16. The van der Waals surface area contributed by atoms with Gasteiger partial charge in [-0.05, 0) is 12.5 Å². The summed E-state index contributed by atoms with van der Waals surface area (Å²) in [6.07, 6.45) is -2.08. The van der Waals surface area contributed by atoms with Crippen molar-refractivity contribution in [1.82, 2.24) is 5.32 Å². The first-order valence-electron chi connectivity index (χ1n) is 5.39. The fraction of sp³-hybridized carbons (Fsp3) is 0.333. The lowest BCUT2D eigenvalue weighted by atomic mass is 10.2. The second-order valence-electron chi connectivity index (χ2n) is 3.76. The molecule has 98 valence electrons. The molecule has 1 unspecified atom stereocenters. The summed E-state index contributed by atoms with van der Waals surface area (Å²) in [5.74, 6) is -1.32. The van der Waals surface area contributed by atoms with Crippen molar-refractivity contribution in [3.05, 3.63) is 35.9 Å². The molecule has 0 heterocycles. The van der Waals surface area contributed by atoms with Crippen LogP contribution in [-0.2, 0) is 16.1 Å². The van der Waals surface area contributed by atoms with E-state index in [9.17, 15) is 9.59 Å². The van der Waals surface area contributed by atoms with E-state index in [4.69, 9.17) is 14.9 Å². The zero-order chi connectivity index (χ0) is 13.5. The number of carbonyl (C=O) groups excluding carboxylic acids is 1. The molecule has 0 aliphatic rings. The van der Waals surface area contributed by atoms with E-state index in [-0.39, 0.29) is 6.61 Å². The van der Waals surface area contributed by atoms with E-state index in [1.807, 2.05) is 6.07 Å². The highest BCUT2D eigenvalue weighted by Crippen LogP contribution is 2.01. The summed E-state index contributed by atoms with van der Waals surface area (Å²) in [6, 6.07) is 7.59. The van der Waals surface area contributed by atoms with Crippen LogP contribution in [0.3, 0.4) is 0 Å². The maximum absolute atomic E-state index is 11.3. The maximum Gasteiger partial charge on any atom is 0.408 e. The van der Waals surface area contributed by atoms with Crippen molar-refractivity contribution >= 4 is 12.1 Å². The number of carboxylic acid groups (broad SMARTS) is 1. The number of aliphatic hydroxyl groups excluding tert-OH is 1. The highest BCUT2D eigenvalue weighted by atomic mass is 16.5. The Balaban J connectivity index is 2.44. The van der Waals surface area contributed by atoms with E-state index in [1.54, 1.807) is 24.3 Å². The third-order valence-electron chi connectivity index (χ3n) is 2.23. The van der Waals surface area contributed by atoms with Crippen LogP contribution < -0.4 is 5.32 Å². The number of hydrogen-bond donors (Lipinski definition) is 3. The van der Waals surface area contributed by atoms with E-state index in [2.05, 4.69) is 5.32 Å². The van der Waals surface area contributed by atoms with Crippen LogP contribution >= 0.6 is 0 Å². The Kier molecular flexibility index (Phi) is 5.13. The summed E-state index contributed by atoms with van der Waals surface area (Å²) in [7, 11) is 0. The van der Waals surface area contributed by atoms with Gasteiger partial charge in [0.1, 0.15) is 6.61 Å². The van der Waals surface area contributed by atoms with Gasteiger partial charge < -0.3 is 20.3 Å². The molecule has 18 heavy (non-hydrogen) atoms. The Labute approximate surface area is 104 Å². The number of benzene rings is 1. The molecule has 1 rings (SSSR count). The molecule has 0 spiro atoms. The number of ether oxygens (including phenoxy) is 1. The minimum absolute atomic E-state index is 0.0405. The van der Waals surface area contributed by atoms with Gasteiger partial charge in [0.25, 0.3) is 0 Å². The highest BCUT2D eigenvalue weighted by Gasteiger charge is 2.25. The second kappa shape index (κ2) is 6.61. The number of amides is 1. The third-order valence-corrected chi connectivity index (χ3v) is 2.23. The molecule has 1 aromatic rings. The smallest absolute Gasteiger partial charge is 0.408 e. The van der Waals surface area contributed by atoms with Crippen LogP contribution in [0.25, 0.3) is 0 Å². The average molecular weight is 253 g/mol. The van der Waals surface area contributed by atoms with Crippen LogP contribution in [0.5, 0.6) is 0 Å². The first-order chi connectivity index (χ1) is 8.50. The van der Waals surface area contributed by atoms with E-state index < -0.39 is 24.2 Å². The van der Waals surface area contributed by atoms with Gasteiger partial charge in [0.2, 0.25) is 0 Å². The van der Waals surface area contributed by atoms with Gasteiger partial charge in [0.15, 0.2) is 6.04 Å². The van der Waals surface area contributed by atoms with E-state index in [0.29, 0.717) is 0 Å². The molecular weight excluding hydrogens is 238 g/mol. The molecule has 0 saturated carbocycles. The lowest BCUT2D eigenvalue weighted by Crippen LogP contribution is -2.47. The zero-order valence-corrected chi connectivity index (χ0v) is 9.87. The molecular formula is C12H15NO5. The minimum atomic E-state index is -1.38. The molecule has 1 amide bonds. The summed E-state index contributed by atoms with van der Waals surface area (Å²) in [5, 5.41) is 20.0. The number of hydrogen-bond acceptors (Lipinski definition) is 4. The quantitative estimate of drug-likeness (QED) is 0.719. The van der Waals surface area contributed by atoms with E-state index in [0.717, 1.165) is 5.56 Å². The highest BCUT2D eigenvalue weighted by molar-refractivity contribution is 5.80. The molecule has 0 aliphatic carbocycles. The van der Waals surface area contributed by atoms with Crippen molar-refractivity contribution in [3.63, 3.8) is 0 Å². The van der Waals surface area contributed by atoms with Crippen molar-refractivity contribution in [3.8, 4) is 0 Å². The summed E-state index contributed by atoms with van der Waals surface area (Å²) < 4.78 is 4.83. The largest absolute Gasteiger partial charge is 0.480 e. The van der Waals surface area contributed by atoms with E-state index in [1.165, 1.54) is 6.92 Å². The van der Waals surface area contributed by atoms with Crippen molar-refractivity contribution < 1.29 is 24.5 Å². The van der Waals surface area contributed by atoms with Crippen LogP contribution in [-0.4, -0.2) is 34.4 Å². The summed E-state index contributed by atoms with van der Waals surface area (Å²) in [6.45, 7) is 1.31. The van der Waals surface area contributed by atoms with Gasteiger partial charge in [0.05, 0.1) is 6.10 Å². The number of carboxylic acids is 1. The molecule has 0 saturated heterocycles. The monoisotopic (exact) mass is 253 g/mol.